The summed E-state index contributed by atoms with van der Waals surface area (Å²) >= 11 is 0. The summed E-state index contributed by atoms with van der Waals surface area (Å²) in [6.07, 6.45) is 2.89. The van der Waals surface area contributed by atoms with Crippen LogP contribution in [0, 0.1) is 0 Å². The Morgan fingerprint density at radius 1 is 1.21 bits per heavy atom. The van der Waals surface area contributed by atoms with Crippen molar-refractivity contribution in [1.82, 2.24) is 24.7 Å². The van der Waals surface area contributed by atoms with Gasteiger partial charge in [-0.25, -0.2) is 18.1 Å². The number of hydrogen-bond donors (Lipinski definition) is 2. The van der Waals surface area contributed by atoms with Gasteiger partial charge in [-0.15, -0.1) is 0 Å². The van der Waals surface area contributed by atoms with Crippen LogP contribution in [0.4, 0.5) is 0 Å². The van der Waals surface area contributed by atoms with E-state index in [1.807, 2.05) is 4.90 Å². The predicted octanol–water partition coefficient (Wildman–Crippen LogP) is -0.482. The van der Waals surface area contributed by atoms with Gasteiger partial charge >= 0.3 is 0 Å². The normalized spacial score (nSPS) is 24.0. The minimum absolute atomic E-state index is 0.0542. The number of nitrogens with zero attached hydrogens (tertiary/aromatic N) is 4. The highest BCUT2D eigenvalue weighted by molar-refractivity contribution is 7.90. The third-order valence-corrected chi connectivity index (χ3v) is 7.45. The van der Waals surface area contributed by atoms with Gasteiger partial charge in [-0.05, 0) is 32.4 Å². The van der Waals surface area contributed by atoms with Crippen LogP contribution in [0.2, 0.25) is 0 Å². The number of guanidine groups is 1. The van der Waals surface area contributed by atoms with Crippen LogP contribution in [0.25, 0.3) is 0 Å². The molecule has 0 aliphatic carbocycles. The lowest BCUT2D eigenvalue weighted by Gasteiger charge is -2.27. The molecule has 1 amide bonds. The Labute approximate surface area is 169 Å². The van der Waals surface area contributed by atoms with Crippen LogP contribution in [0.3, 0.4) is 0 Å². The van der Waals surface area contributed by atoms with Gasteiger partial charge in [0.15, 0.2) is 5.96 Å². The summed E-state index contributed by atoms with van der Waals surface area (Å²) in [5.74, 6) is 0.554. The van der Waals surface area contributed by atoms with Crippen LogP contribution in [-0.2, 0) is 14.8 Å². The van der Waals surface area contributed by atoms with Crippen molar-refractivity contribution in [2.24, 2.45) is 4.99 Å². The average molecular weight is 417 g/mol. The van der Waals surface area contributed by atoms with Crippen LogP contribution >= 0.6 is 0 Å². The molecule has 2 N–H and O–H groups in total. The Bertz CT molecular complexity index is 652. The van der Waals surface area contributed by atoms with Crippen LogP contribution in [0.1, 0.15) is 33.1 Å². The van der Waals surface area contributed by atoms with Gasteiger partial charge in [0.05, 0.1) is 5.25 Å². The monoisotopic (exact) mass is 416 g/mol. The zero-order chi connectivity index (χ0) is 20.7. The van der Waals surface area contributed by atoms with Crippen molar-refractivity contribution in [3.8, 4) is 0 Å². The average Bonchev–Trinajstić information content (AvgIpc) is 3.31. The summed E-state index contributed by atoms with van der Waals surface area (Å²) in [4.78, 5) is 22.4. The number of hydrogen-bond acceptors (Lipinski definition) is 5. The fourth-order valence-electron chi connectivity index (χ4n) is 3.80. The summed E-state index contributed by atoms with van der Waals surface area (Å²) in [5, 5.41) is 2.96. The van der Waals surface area contributed by atoms with Crippen LogP contribution in [-0.4, -0.2) is 106 Å². The van der Waals surface area contributed by atoms with E-state index in [-0.39, 0.29) is 12.5 Å². The molecule has 2 atom stereocenters. The first kappa shape index (κ1) is 22.9. The second-order valence-corrected chi connectivity index (χ2v) is 9.68. The maximum absolute atomic E-state index is 12.3. The lowest BCUT2D eigenvalue weighted by molar-refractivity contribution is -0.127. The third-order valence-electron chi connectivity index (χ3n) is 5.49. The van der Waals surface area contributed by atoms with Crippen molar-refractivity contribution in [1.29, 1.82) is 0 Å². The second-order valence-electron chi connectivity index (χ2n) is 7.63. The number of nitrogens with one attached hydrogen (secondary N) is 2. The lowest BCUT2D eigenvalue weighted by Crippen LogP contribution is -2.47. The molecule has 2 aliphatic heterocycles. The standard InChI is InChI=1S/C18H36N6O3S/c1-5-21-28(26,27)16-9-11-24(14-16)18(20-13-17(25)22(3)4)19-12-15-8-7-10-23(15)6-2/h15-16,21H,5-14H2,1-4H3,(H,19,20). The number of aliphatic imine (C=N–C) groups is 1. The van der Waals surface area contributed by atoms with E-state index in [0.29, 0.717) is 38.1 Å². The molecule has 2 heterocycles. The molecular weight excluding hydrogens is 380 g/mol. The summed E-state index contributed by atoms with van der Waals surface area (Å²) < 4.78 is 27.3. The summed E-state index contributed by atoms with van der Waals surface area (Å²) in [7, 11) is 0.0893. The topological polar surface area (TPSA) is 97.3 Å². The Morgan fingerprint density at radius 3 is 2.61 bits per heavy atom. The van der Waals surface area contributed by atoms with Gasteiger partial charge in [0.25, 0.3) is 0 Å². The van der Waals surface area contributed by atoms with Crippen molar-refractivity contribution >= 4 is 21.9 Å². The molecule has 2 fully saturated rings. The van der Waals surface area contributed by atoms with Crippen LogP contribution in [0.15, 0.2) is 4.99 Å². The fraction of sp³-hybridized carbons (Fsp3) is 0.889. The molecule has 0 spiro atoms. The Morgan fingerprint density at radius 2 is 1.96 bits per heavy atom. The Kier molecular flexibility index (Phi) is 8.51. The van der Waals surface area contributed by atoms with Crippen molar-refractivity contribution in [2.75, 3.05) is 59.9 Å². The number of carbonyl (C=O) groups excluding carboxylic acids is 1. The second kappa shape index (κ2) is 10.4. The van der Waals surface area contributed by atoms with Crippen LogP contribution in [0.5, 0.6) is 0 Å². The molecule has 0 radical (unpaired) electrons. The first-order valence-corrected chi connectivity index (χ1v) is 11.8. The van der Waals surface area contributed by atoms with Crippen molar-refractivity contribution in [3.05, 3.63) is 0 Å². The molecule has 2 aliphatic rings. The highest BCUT2D eigenvalue weighted by atomic mass is 32.2. The van der Waals surface area contributed by atoms with Crippen LogP contribution < -0.4 is 10.0 Å². The highest BCUT2D eigenvalue weighted by Crippen LogP contribution is 2.18. The van der Waals surface area contributed by atoms with E-state index < -0.39 is 15.3 Å². The van der Waals surface area contributed by atoms with Crippen molar-refractivity contribution < 1.29 is 13.2 Å². The van der Waals surface area contributed by atoms with Gasteiger partial charge in [-0.1, -0.05) is 13.8 Å². The molecule has 162 valence electrons. The fourth-order valence-corrected chi connectivity index (χ4v) is 5.23. The molecule has 0 saturated carbocycles. The molecule has 0 aromatic carbocycles. The maximum atomic E-state index is 12.3. The van der Waals surface area contributed by atoms with Crippen molar-refractivity contribution in [2.45, 2.75) is 44.4 Å². The molecule has 28 heavy (non-hydrogen) atoms. The van der Waals surface area contributed by atoms with Gasteiger partial charge in [-0.3, -0.25) is 9.69 Å². The van der Waals surface area contributed by atoms with E-state index in [2.05, 4.69) is 26.9 Å². The van der Waals surface area contributed by atoms with Gasteiger partial charge in [0.2, 0.25) is 15.9 Å². The van der Waals surface area contributed by atoms with E-state index in [9.17, 15) is 13.2 Å². The van der Waals surface area contributed by atoms with E-state index in [0.717, 1.165) is 26.1 Å². The molecule has 10 heteroatoms. The molecular formula is C18H36N6O3S. The number of amides is 1. The molecule has 2 unspecified atom stereocenters. The largest absolute Gasteiger partial charge is 0.355 e. The maximum Gasteiger partial charge on any atom is 0.243 e. The zero-order valence-corrected chi connectivity index (χ0v) is 18.5. The Balaban J connectivity index is 2.06. The molecule has 2 rings (SSSR count). The van der Waals surface area contributed by atoms with E-state index in [1.165, 1.54) is 11.3 Å². The molecule has 0 bridgehead atoms. The van der Waals surface area contributed by atoms with Crippen molar-refractivity contribution in [3.63, 3.8) is 0 Å². The first-order valence-electron chi connectivity index (χ1n) is 10.2. The minimum Gasteiger partial charge on any atom is -0.355 e. The lowest BCUT2D eigenvalue weighted by atomic mass is 10.2. The number of carbonyl (C=O) groups is 1. The zero-order valence-electron chi connectivity index (χ0n) is 17.6. The molecule has 0 aromatic heterocycles. The molecule has 9 nitrogen and oxygen atoms in total. The van der Waals surface area contributed by atoms with E-state index in [4.69, 9.17) is 0 Å². The predicted molar refractivity (Wildman–Crippen MR) is 112 cm³/mol. The van der Waals surface area contributed by atoms with E-state index >= 15 is 0 Å². The van der Waals surface area contributed by atoms with E-state index in [1.54, 1.807) is 21.0 Å². The molecule has 0 aromatic rings. The SMILES string of the molecule is CCNS(=O)(=O)C1CCN(C(=NCC(=O)N(C)C)NCC2CCCN2CC)C1. The quantitative estimate of drug-likeness (QED) is 0.410. The first-order chi connectivity index (χ1) is 13.3. The number of sulfonamides is 1. The minimum atomic E-state index is -3.32. The highest BCUT2D eigenvalue weighted by Gasteiger charge is 2.34. The summed E-state index contributed by atoms with van der Waals surface area (Å²) in [5.41, 5.74) is 0. The molecule has 2 saturated heterocycles. The number of likely N-dealkylation sites (N-methyl/N-ethyl adjacent to an activating group) is 2. The van der Waals surface area contributed by atoms with Gasteiger partial charge in [0.1, 0.15) is 6.54 Å². The summed E-state index contributed by atoms with van der Waals surface area (Å²) in [6, 6.07) is 0.448. The number of rotatable bonds is 8. The third kappa shape index (κ3) is 6.05. The van der Waals surface area contributed by atoms with Gasteiger partial charge < -0.3 is 15.1 Å². The number of likely N-dealkylation sites (tertiary alicyclic amines) is 2. The smallest absolute Gasteiger partial charge is 0.243 e. The Hall–Kier alpha value is -1.39. The van der Waals surface area contributed by atoms with Gasteiger partial charge in [-0.2, -0.15) is 0 Å². The van der Waals surface area contributed by atoms with Gasteiger partial charge in [0, 0.05) is 46.3 Å². The summed E-state index contributed by atoms with van der Waals surface area (Å²) in [6.45, 7) is 8.28.